The van der Waals surface area contributed by atoms with Crippen molar-refractivity contribution in [2.45, 2.75) is 18.9 Å². The highest BCUT2D eigenvalue weighted by Gasteiger charge is 2.35. The van der Waals surface area contributed by atoms with Gasteiger partial charge in [0, 0.05) is 18.0 Å². The topological polar surface area (TPSA) is 96.6 Å². The Labute approximate surface area is 120 Å². The molecule has 7 nitrogen and oxygen atoms in total. The molecule has 0 radical (unpaired) electrons. The second kappa shape index (κ2) is 5.01. The van der Waals surface area contributed by atoms with Crippen molar-refractivity contribution in [2.75, 3.05) is 11.4 Å². The highest BCUT2D eigenvalue weighted by molar-refractivity contribution is 5.87. The fourth-order valence-corrected chi connectivity index (χ4v) is 2.72. The molecule has 1 fully saturated rings. The highest BCUT2D eigenvalue weighted by Crippen LogP contribution is 2.34. The van der Waals surface area contributed by atoms with Crippen LogP contribution in [0.2, 0.25) is 0 Å². The maximum atomic E-state index is 11.3. The zero-order valence-corrected chi connectivity index (χ0v) is 11.1. The first-order valence-electron chi connectivity index (χ1n) is 6.61. The van der Waals surface area contributed by atoms with E-state index in [4.69, 9.17) is 0 Å². The van der Waals surface area contributed by atoms with Gasteiger partial charge in [-0.3, -0.25) is 10.1 Å². The number of aliphatic carboxylic acids is 1. The second-order valence-corrected chi connectivity index (χ2v) is 4.97. The minimum absolute atomic E-state index is 0.142. The fraction of sp³-hybridized carbons (Fsp3) is 0.286. The molecule has 0 spiro atoms. The number of para-hydroxylation sites is 1. The molecule has 1 aromatic carbocycles. The van der Waals surface area contributed by atoms with E-state index in [-0.39, 0.29) is 11.5 Å². The normalized spacial score (nSPS) is 18.1. The van der Waals surface area contributed by atoms with Crippen molar-refractivity contribution < 1.29 is 14.8 Å². The predicted molar refractivity (Wildman–Crippen MR) is 76.4 cm³/mol. The Hall–Kier alpha value is -2.70. The summed E-state index contributed by atoms with van der Waals surface area (Å²) in [7, 11) is 0. The van der Waals surface area contributed by atoms with Crippen molar-refractivity contribution in [2.24, 2.45) is 0 Å². The molecule has 0 saturated carbocycles. The summed E-state index contributed by atoms with van der Waals surface area (Å²) in [5, 5.41) is 21.2. The first kappa shape index (κ1) is 13.3. The number of nitrogens with zero attached hydrogens (tertiary/aromatic N) is 3. The highest BCUT2D eigenvalue weighted by atomic mass is 16.6. The molecule has 1 unspecified atom stereocenters. The van der Waals surface area contributed by atoms with Crippen LogP contribution in [0, 0.1) is 10.1 Å². The molecule has 0 amide bonds. The van der Waals surface area contributed by atoms with Gasteiger partial charge >= 0.3 is 11.7 Å². The third kappa shape index (κ3) is 2.26. The summed E-state index contributed by atoms with van der Waals surface area (Å²) in [6.45, 7) is 0.461. The number of carbonyl (C=O) groups is 1. The Bertz CT molecular complexity index is 731. The van der Waals surface area contributed by atoms with E-state index >= 15 is 0 Å². The second-order valence-electron chi connectivity index (χ2n) is 4.97. The summed E-state index contributed by atoms with van der Waals surface area (Å²) >= 11 is 0. The van der Waals surface area contributed by atoms with E-state index in [9.17, 15) is 20.0 Å². The van der Waals surface area contributed by atoms with Gasteiger partial charge in [0.25, 0.3) is 0 Å². The summed E-state index contributed by atoms with van der Waals surface area (Å²) < 4.78 is 0. The zero-order valence-electron chi connectivity index (χ0n) is 11.1. The van der Waals surface area contributed by atoms with Crippen LogP contribution in [-0.2, 0) is 4.79 Å². The first-order chi connectivity index (χ1) is 10.1. The summed E-state index contributed by atoms with van der Waals surface area (Å²) in [6, 6.07) is 7.78. The molecule has 1 saturated heterocycles. The number of hydrogen-bond donors (Lipinski definition) is 1. The monoisotopic (exact) mass is 287 g/mol. The van der Waals surface area contributed by atoms with Gasteiger partial charge in [0.15, 0.2) is 0 Å². The number of nitro groups is 1. The van der Waals surface area contributed by atoms with Crippen molar-refractivity contribution in [1.82, 2.24) is 4.98 Å². The Kier molecular flexibility index (Phi) is 3.17. The number of aromatic nitrogens is 1. The summed E-state index contributed by atoms with van der Waals surface area (Å²) in [4.78, 5) is 27.9. The molecule has 21 heavy (non-hydrogen) atoms. The van der Waals surface area contributed by atoms with Crippen molar-refractivity contribution >= 4 is 28.4 Å². The fourth-order valence-electron chi connectivity index (χ4n) is 2.72. The molecule has 1 atom stereocenters. The lowest BCUT2D eigenvalue weighted by molar-refractivity contribution is -0.384. The summed E-state index contributed by atoms with van der Waals surface area (Å²) in [5.74, 6) is -0.833. The average Bonchev–Trinajstić information content (AvgIpc) is 2.95. The van der Waals surface area contributed by atoms with Crippen LogP contribution in [0.15, 0.2) is 30.3 Å². The van der Waals surface area contributed by atoms with E-state index in [1.165, 1.54) is 11.0 Å². The molecule has 1 N–H and O–H groups in total. The van der Waals surface area contributed by atoms with Crippen LogP contribution < -0.4 is 4.90 Å². The molecule has 0 aliphatic carbocycles. The number of carboxylic acid groups (broad SMARTS) is 1. The van der Waals surface area contributed by atoms with Crippen molar-refractivity contribution in [3.05, 3.63) is 40.4 Å². The molecule has 3 rings (SSSR count). The number of carboxylic acids is 1. The van der Waals surface area contributed by atoms with Gasteiger partial charge in [-0.25, -0.2) is 9.78 Å². The molecule has 2 aromatic rings. The Balaban J connectivity index is 2.18. The maximum absolute atomic E-state index is 11.3. The number of anilines is 1. The molecule has 1 aromatic heterocycles. The Morgan fingerprint density at radius 2 is 2.19 bits per heavy atom. The van der Waals surface area contributed by atoms with E-state index < -0.39 is 16.9 Å². The smallest absolute Gasteiger partial charge is 0.326 e. The van der Waals surface area contributed by atoms with Crippen LogP contribution in [0.4, 0.5) is 11.5 Å². The number of hydrogen-bond acceptors (Lipinski definition) is 5. The largest absolute Gasteiger partial charge is 0.480 e. The SMILES string of the molecule is O=C(O)C1CCCN1c1nc2ccccc2cc1[N+](=O)[O-]. The quantitative estimate of drug-likeness (QED) is 0.686. The standard InChI is InChI=1S/C14H13N3O4/c18-14(19)11-6-3-7-16(11)13-12(17(20)21)8-9-4-1-2-5-10(9)15-13/h1-2,4-5,8,11H,3,6-7H2,(H,18,19). The molecule has 1 aliphatic heterocycles. The molecule has 1 aliphatic rings. The molecule has 2 heterocycles. The lowest BCUT2D eigenvalue weighted by Gasteiger charge is -2.22. The van der Waals surface area contributed by atoms with E-state index in [2.05, 4.69) is 4.98 Å². The van der Waals surface area contributed by atoms with Gasteiger partial charge in [0.2, 0.25) is 5.82 Å². The summed E-state index contributed by atoms with van der Waals surface area (Å²) in [5.41, 5.74) is 0.469. The van der Waals surface area contributed by atoms with Crippen LogP contribution in [0.25, 0.3) is 10.9 Å². The van der Waals surface area contributed by atoms with Crippen molar-refractivity contribution in [1.29, 1.82) is 0 Å². The van der Waals surface area contributed by atoms with Gasteiger partial charge in [-0.15, -0.1) is 0 Å². The Morgan fingerprint density at radius 3 is 2.90 bits per heavy atom. The van der Waals surface area contributed by atoms with Crippen LogP contribution in [0.5, 0.6) is 0 Å². The number of pyridine rings is 1. The van der Waals surface area contributed by atoms with Crippen LogP contribution in [-0.4, -0.2) is 33.6 Å². The van der Waals surface area contributed by atoms with E-state index in [0.717, 1.165) is 0 Å². The lowest BCUT2D eigenvalue weighted by atomic mass is 10.2. The minimum Gasteiger partial charge on any atom is -0.480 e. The van der Waals surface area contributed by atoms with Gasteiger partial charge in [0.1, 0.15) is 6.04 Å². The zero-order chi connectivity index (χ0) is 15.0. The van der Waals surface area contributed by atoms with Crippen molar-refractivity contribution in [3.63, 3.8) is 0 Å². The molecule has 0 bridgehead atoms. The molecular weight excluding hydrogens is 274 g/mol. The van der Waals surface area contributed by atoms with Gasteiger partial charge in [0.05, 0.1) is 10.4 Å². The number of rotatable bonds is 3. The average molecular weight is 287 g/mol. The molecular formula is C14H13N3O4. The number of fused-ring (bicyclic) bond motifs is 1. The van der Waals surface area contributed by atoms with Crippen LogP contribution in [0.1, 0.15) is 12.8 Å². The third-order valence-electron chi connectivity index (χ3n) is 3.69. The van der Waals surface area contributed by atoms with Gasteiger partial charge in [-0.2, -0.15) is 0 Å². The minimum atomic E-state index is -0.975. The third-order valence-corrected chi connectivity index (χ3v) is 3.69. The lowest BCUT2D eigenvalue weighted by Crippen LogP contribution is -2.36. The molecule has 108 valence electrons. The van der Waals surface area contributed by atoms with Gasteiger partial charge in [-0.1, -0.05) is 18.2 Å². The van der Waals surface area contributed by atoms with Crippen LogP contribution in [0.3, 0.4) is 0 Å². The van der Waals surface area contributed by atoms with Gasteiger partial charge in [-0.05, 0) is 18.9 Å². The van der Waals surface area contributed by atoms with E-state index in [1.54, 1.807) is 24.3 Å². The maximum Gasteiger partial charge on any atom is 0.326 e. The first-order valence-corrected chi connectivity index (χ1v) is 6.61. The summed E-state index contributed by atoms with van der Waals surface area (Å²) in [6.07, 6.45) is 1.16. The number of benzene rings is 1. The van der Waals surface area contributed by atoms with Gasteiger partial charge < -0.3 is 10.0 Å². The molecule has 7 heteroatoms. The van der Waals surface area contributed by atoms with Crippen LogP contribution >= 0.6 is 0 Å². The van der Waals surface area contributed by atoms with E-state index in [1.807, 2.05) is 0 Å². The Morgan fingerprint density at radius 1 is 1.43 bits per heavy atom. The van der Waals surface area contributed by atoms with E-state index in [0.29, 0.717) is 30.3 Å². The van der Waals surface area contributed by atoms with Crippen molar-refractivity contribution in [3.8, 4) is 0 Å². The predicted octanol–water partition coefficient (Wildman–Crippen LogP) is 2.20.